The molecule has 0 aromatic heterocycles. The van der Waals surface area contributed by atoms with Crippen molar-refractivity contribution in [1.29, 1.82) is 0 Å². The van der Waals surface area contributed by atoms with Crippen molar-refractivity contribution < 1.29 is 0 Å². The number of fused-ring (bicyclic) bond motifs is 6. The Morgan fingerprint density at radius 1 is 0.724 bits per heavy atom. The van der Waals surface area contributed by atoms with Gasteiger partial charge in [-0.3, -0.25) is 0 Å². The van der Waals surface area contributed by atoms with Gasteiger partial charge in [0.15, 0.2) is 0 Å². The third-order valence-electron chi connectivity index (χ3n) is 11.6. The van der Waals surface area contributed by atoms with Crippen molar-refractivity contribution in [1.82, 2.24) is 0 Å². The first-order chi connectivity index (χ1) is 27.5. The minimum absolute atomic E-state index is 0.0676. The van der Waals surface area contributed by atoms with Gasteiger partial charge < -0.3 is 0 Å². The van der Waals surface area contributed by atoms with Crippen LogP contribution in [0.1, 0.15) is 96.6 Å². The van der Waals surface area contributed by atoms with Crippen LogP contribution in [0.4, 0.5) is 0 Å². The highest BCUT2D eigenvalue weighted by molar-refractivity contribution is 8.07. The maximum Gasteiger partial charge on any atom is 0.0245 e. The lowest BCUT2D eigenvalue weighted by Crippen LogP contribution is -2.24. The molecule has 3 aromatic rings. The minimum atomic E-state index is -0.232. The second kappa shape index (κ2) is 17.2. The van der Waals surface area contributed by atoms with Gasteiger partial charge in [0.1, 0.15) is 0 Å². The first-order valence-corrected chi connectivity index (χ1v) is 22.1. The first-order valence-electron chi connectivity index (χ1n) is 20.5. The first kappa shape index (κ1) is 42.8. The van der Waals surface area contributed by atoms with E-state index in [1.54, 1.807) is 11.8 Å². The lowest BCUT2D eigenvalue weighted by Gasteiger charge is -2.36. The zero-order valence-electron chi connectivity index (χ0n) is 36.1. The summed E-state index contributed by atoms with van der Waals surface area (Å²) in [5.41, 5.74) is 14.7. The monoisotopic (exact) mass is 796 g/mol. The van der Waals surface area contributed by atoms with Crippen molar-refractivity contribution in [3.63, 3.8) is 0 Å². The Morgan fingerprint density at radius 3 is 2.17 bits per heavy atom. The Balaban J connectivity index is 0.00000135. The molecule has 3 aromatic carbocycles. The molecule has 0 saturated heterocycles. The van der Waals surface area contributed by atoms with Crippen molar-refractivity contribution in [2.75, 3.05) is 0 Å². The van der Waals surface area contributed by atoms with Crippen molar-refractivity contribution in [3.8, 4) is 11.1 Å². The predicted molar refractivity (Wildman–Crippen MR) is 260 cm³/mol. The molecule has 0 radical (unpaired) electrons. The second-order valence-corrected chi connectivity index (χ2v) is 19.9. The number of thioether (sulfide) groups is 1. The summed E-state index contributed by atoms with van der Waals surface area (Å²) in [7, 11) is 0. The molecule has 296 valence electrons. The van der Waals surface area contributed by atoms with Crippen LogP contribution in [0.25, 0.3) is 16.7 Å². The van der Waals surface area contributed by atoms with E-state index in [0.717, 1.165) is 38.9 Å². The van der Waals surface area contributed by atoms with Crippen LogP contribution >= 0.6 is 23.5 Å². The molecule has 2 aliphatic heterocycles. The normalized spacial score (nSPS) is 22.6. The number of hydrogen-bond donors (Lipinski definition) is 0. The molecule has 4 aliphatic rings. The van der Waals surface area contributed by atoms with E-state index in [-0.39, 0.29) is 16.2 Å². The maximum absolute atomic E-state index is 4.58. The van der Waals surface area contributed by atoms with E-state index in [0.29, 0.717) is 0 Å². The van der Waals surface area contributed by atoms with Gasteiger partial charge in [-0.1, -0.05) is 228 Å². The lowest BCUT2D eigenvalue weighted by molar-refractivity contribution is 0.563. The molecule has 0 bridgehead atoms. The summed E-state index contributed by atoms with van der Waals surface area (Å²) in [6, 6.07) is 20.7. The van der Waals surface area contributed by atoms with Crippen molar-refractivity contribution in [2.45, 2.75) is 89.4 Å². The van der Waals surface area contributed by atoms with Crippen LogP contribution in [0.2, 0.25) is 0 Å². The second-order valence-electron chi connectivity index (χ2n) is 17.8. The lowest BCUT2D eigenvalue weighted by atomic mass is 9.74. The molecule has 2 aliphatic carbocycles. The Kier molecular flexibility index (Phi) is 12.7. The Morgan fingerprint density at radius 2 is 1.43 bits per heavy atom. The van der Waals surface area contributed by atoms with Crippen LogP contribution in [-0.4, -0.2) is 0 Å². The standard InChI is InChI=1S/C52H50S2.C4H10/c1-11-12-14-21-37(22-19-26-46-34(2)27-30-41-39(36(4)53-46)23-16-13-15-20-35(3)50(41,5)6)38-28-29-40-45(33-38)52(9,10)43-31-32-44-49(48(40)43)54-47-25-18-17-24-42(47)51(44,7)8;1-4(2)3/h11-22,24-33H,1-4,23H2,5-10H3;4H,1-3H3/b14-12-,16-13-,20-15-,22-19+,30-27-,37-21+,41-39+,46-26-;. The van der Waals surface area contributed by atoms with E-state index < -0.39 is 0 Å². The minimum Gasteiger partial charge on any atom is -0.0991 e. The highest BCUT2D eigenvalue weighted by Gasteiger charge is 2.42. The van der Waals surface area contributed by atoms with Gasteiger partial charge in [-0.25, -0.2) is 0 Å². The van der Waals surface area contributed by atoms with E-state index in [2.05, 4.69) is 210 Å². The van der Waals surface area contributed by atoms with Gasteiger partial charge in [-0.2, -0.15) is 0 Å². The van der Waals surface area contributed by atoms with Gasteiger partial charge in [-0.15, -0.1) is 0 Å². The van der Waals surface area contributed by atoms with Crippen LogP contribution in [0, 0.1) is 11.3 Å². The Labute approximate surface area is 358 Å². The van der Waals surface area contributed by atoms with E-state index >= 15 is 0 Å². The van der Waals surface area contributed by atoms with Gasteiger partial charge in [0.05, 0.1) is 0 Å². The number of allylic oxidation sites excluding steroid dienone is 18. The Hall–Kier alpha value is -4.76. The predicted octanol–water partition coefficient (Wildman–Crippen LogP) is 16.8. The highest BCUT2D eigenvalue weighted by Crippen LogP contribution is 2.59. The smallest absolute Gasteiger partial charge is 0.0245 e. The average molecular weight is 797 g/mol. The summed E-state index contributed by atoms with van der Waals surface area (Å²) in [6.07, 6.45) is 28.3. The van der Waals surface area contributed by atoms with Crippen LogP contribution in [0.3, 0.4) is 0 Å². The largest absolute Gasteiger partial charge is 0.0991 e. The fraction of sp³-hybridized carbons (Fsp3) is 0.250. The van der Waals surface area contributed by atoms with Gasteiger partial charge in [-0.05, 0) is 91.8 Å². The molecule has 58 heavy (non-hydrogen) atoms. The molecule has 2 heterocycles. The van der Waals surface area contributed by atoms with Gasteiger partial charge in [0, 0.05) is 41.4 Å². The van der Waals surface area contributed by atoms with Gasteiger partial charge in [0.25, 0.3) is 0 Å². The topological polar surface area (TPSA) is 0 Å². The zero-order valence-corrected chi connectivity index (χ0v) is 37.8. The summed E-state index contributed by atoms with van der Waals surface area (Å²) in [5.74, 6) is 0.833. The molecule has 0 fully saturated rings. The molecule has 0 atom stereocenters. The van der Waals surface area contributed by atoms with Crippen molar-refractivity contribution in [2.24, 2.45) is 11.3 Å². The zero-order chi connectivity index (χ0) is 42.0. The molecule has 0 nitrogen and oxygen atoms in total. The van der Waals surface area contributed by atoms with Crippen LogP contribution in [-0.2, 0) is 10.8 Å². The van der Waals surface area contributed by atoms with Crippen molar-refractivity contribution >= 4 is 29.1 Å². The van der Waals surface area contributed by atoms with Crippen LogP contribution < -0.4 is 0 Å². The van der Waals surface area contributed by atoms with Gasteiger partial charge in [0.2, 0.25) is 0 Å². The number of rotatable bonds is 5. The molecule has 0 N–H and O–H groups in total. The third-order valence-corrected chi connectivity index (χ3v) is 13.9. The van der Waals surface area contributed by atoms with E-state index in [9.17, 15) is 0 Å². The maximum atomic E-state index is 4.58. The summed E-state index contributed by atoms with van der Waals surface area (Å²) < 4.78 is 0. The molecule has 0 unspecified atom stereocenters. The highest BCUT2D eigenvalue weighted by atomic mass is 32.2. The van der Waals surface area contributed by atoms with E-state index in [4.69, 9.17) is 0 Å². The summed E-state index contributed by atoms with van der Waals surface area (Å²) >= 11 is 3.63. The van der Waals surface area contributed by atoms with Crippen LogP contribution in [0.5, 0.6) is 0 Å². The molecule has 7 rings (SSSR count). The average Bonchev–Trinajstić information content (AvgIpc) is 3.42. The molecule has 2 heteroatoms. The Bertz CT molecular complexity index is 2430. The van der Waals surface area contributed by atoms with E-state index in [1.807, 2.05) is 23.9 Å². The fourth-order valence-corrected chi connectivity index (χ4v) is 10.7. The third kappa shape index (κ3) is 8.38. The fourth-order valence-electron chi connectivity index (χ4n) is 8.17. The molecule has 0 spiro atoms. The summed E-state index contributed by atoms with van der Waals surface area (Å²) in [6.45, 7) is 37.8. The SMILES string of the molecule is C=C\C=C/C=C(\C=C\C=C1/SC(=C)/C2=C(\C=C/C1=C)C(C)(C)C(=C)/C=C\C=C/C2)c1ccc2c(c1)C(C)(C)c1ccc3c(c1-2)Sc1ccccc1C3(C)C.CC(C)C. The van der Waals surface area contributed by atoms with Crippen LogP contribution in [0.15, 0.2) is 202 Å². The molecule has 0 saturated carbocycles. The van der Waals surface area contributed by atoms with Gasteiger partial charge >= 0.3 is 0 Å². The van der Waals surface area contributed by atoms with E-state index in [1.165, 1.54) is 59.9 Å². The quantitative estimate of drug-likeness (QED) is 0.236. The molecule has 0 amide bonds. The number of hydrogen-bond acceptors (Lipinski definition) is 2. The summed E-state index contributed by atoms with van der Waals surface area (Å²) in [5, 5.41) is 0. The summed E-state index contributed by atoms with van der Waals surface area (Å²) in [4.78, 5) is 4.88. The van der Waals surface area contributed by atoms with Crippen molar-refractivity contribution in [3.05, 3.63) is 220 Å². The number of benzene rings is 3. The molecular formula is C56H60S2. The molecular weight excluding hydrogens is 737 g/mol.